The van der Waals surface area contributed by atoms with E-state index in [2.05, 4.69) is 27.7 Å². The number of carbonyl (C=O) groups excluding carboxylic acids is 2. The van der Waals surface area contributed by atoms with E-state index < -0.39 is 5.41 Å². The van der Waals surface area contributed by atoms with Crippen LogP contribution in [0.5, 0.6) is 0 Å². The molecule has 7 heteroatoms. The topological polar surface area (TPSA) is 61.4 Å². The number of carbonyl (C=O) groups is 2. The average molecular weight is 548 g/mol. The van der Waals surface area contributed by atoms with Crippen LogP contribution in [0.2, 0.25) is 5.02 Å². The molecular weight excluding hydrogens is 513 g/mol. The SMILES string of the molecule is CC(=O)NC1(c2ccccc2)CCN(C[C@@H]2C[C@@]2(C(=O)NCCc2ccc(F)cc2)c2cccc(Cl)c2)CC1. The molecule has 3 aromatic rings. The van der Waals surface area contributed by atoms with Crippen LogP contribution >= 0.6 is 11.6 Å². The van der Waals surface area contributed by atoms with Gasteiger partial charge in [-0.2, -0.15) is 0 Å². The molecule has 1 saturated heterocycles. The van der Waals surface area contributed by atoms with Gasteiger partial charge in [0.05, 0.1) is 11.0 Å². The van der Waals surface area contributed by atoms with Crippen LogP contribution in [0.15, 0.2) is 78.9 Å². The standard InChI is InChI=1S/C32H35ClFN3O2/c1-23(38)36-31(25-6-3-2-4-7-25)15-18-37(19-16-31)22-27-21-32(27,26-8-5-9-28(33)20-26)30(39)35-17-14-24-10-12-29(34)13-11-24/h2-13,20,27H,14-19,21-22H2,1H3,(H,35,39)(H,36,38)/t27-,32+/m0/s1. The summed E-state index contributed by atoms with van der Waals surface area (Å²) in [4.78, 5) is 28.2. The quantitative estimate of drug-likeness (QED) is 0.386. The van der Waals surface area contributed by atoms with Crippen molar-refractivity contribution in [2.75, 3.05) is 26.2 Å². The fraction of sp³-hybridized carbons (Fsp3) is 0.375. The van der Waals surface area contributed by atoms with E-state index in [4.69, 9.17) is 11.6 Å². The minimum absolute atomic E-state index is 0.0192. The first kappa shape index (κ1) is 27.4. The van der Waals surface area contributed by atoms with Crippen LogP contribution in [0.25, 0.3) is 0 Å². The van der Waals surface area contributed by atoms with Crippen molar-refractivity contribution in [1.29, 1.82) is 0 Å². The van der Waals surface area contributed by atoms with Crippen molar-refractivity contribution in [2.24, 2.45) is 5.92 Å². The summed E-state index contributed by atoms with van der Waals surface area (Å²) in [5.74, 6) is -0.0939. The van der Waals surface area contributed by atoms with E-state index >= 15 is 0 Å². The zero-order valence-electron chi connectivity index (χ0n) is 22.3. The zero-order chi connectivity index (χ0) is 27.5. The molecule has 39 heavy (non-hydrogen) atoms. The van der Waals surface area contributed by atoms with Gasteiger partial charge in [-0.05, 0) is 72.6 Å². The predicted molar refractivity (Wildman–Crippen MR) is 152 cm³/mol. The first-order chi connectivity index (χ1) is 18.8. The monoisotopic (exact) mass is 547 g/mol. The van der Waals surface area contributed by atoms with Gasteiger partial charge in [-0.25, -0.2) is 4.39 Å². The summed E-state index contributed by atoms with van der Waals surface area (Å²) >= 11 is 6.34. The molecule has 0 spiro atoms. The number of nitrogens with one attached hydrogen (secondary N) is 2. The molecule has 0 unspecified atom stereocenters. The number of hydrogen-bond acceptors (Lipinski definition) is 3. The van der Waals surface area contributed by atoms with Crippen molar-refractivity contribution in [1.82, 2.24) is 15.5 Å². The van der Waals surface area contributed by atoms with Gasteiger partial charge in [0.2, 0.25) is 11.8 Å². The van der Waals surface area contributed by atoms with E-state index in [1.54, 1.807) is 19.1 Å². The Kier molecular flexibility index (Phi) is 8.06. The highest BCUT2D eigenvalue weighted by Gasteiger charge is 2.61. The van der Waals surface area contributed by atoms with E-state index in [1.165, 1.54) is 12.1 Å². The second-order valence-electron chi connectivity index (χ2n) is 10.9. The molecular formula is C32H35ClFN3O2. The Morgan fingerprint density at radius 1 is 0.974 bits per heavy atom. The number of amides is 2. The Bertz CT molecular complexity index is 1310. The van der Waals surface area contributed by atoms with Gasteiger partial charge in [-0.1, -0.05) is 66.2 Å². The number of benzene rings is 3. The van der Waals surface area contributed by atoms with Gasteiger partial charge < -0.3 is 15.5 Å². The van der Waals surface area contributed by atoms with Gasteiger partial charge in [0.15, 0.2) is 0 Å². The van der Waals surface area contributed by atoms with Gasteiger partial charge in [0.25, 0.3) is 0 Å². The minimum Gasteiger partial charge on any atom is -0.355 e. The van der Waals surface area contributed by atoms with E-state index in [1.807, 2.05) is 42.5 Å². The maximum atomic E-state index is 13.7. The molecule has 1 heterocycles. The summed E-state index contributed by atoms with van der Waals surface area (Å²) in [6.45, 7) is 4.55. The summed E-state index contributed by atoms with van der Waals surface area (Å²) in [6.07, 6.45) is 3.04. The second-order valence-corrected chi connectivity index (χ2v) is 11.4. The van der Waals surface area contributed by atoms with Gasteiger partial charge in [0, 0.05) is 38.1 Å². The maximum absolute atomic E-state index is 13.7. The van der Waals surface area contributed by atoms with Crippen molar-refractivity contribution < 1.29 is 14.0 Å². The Morgan fingerprint density at radius 2 is 1.67 bits per heavy atom. The third-order valence-corrected chi connectivity index (χ3v) is 8.63. The Balaban J connectivity index is 1.26. The highest BCUT2D eigenvalue weighted by atomic mass is 35.5. The molecule has 1 aliphatic heterocycles. The van der Waals surface area contributed by atoms with Crippen LogP contribution < -0.4 is 10.6 Å². The fourth-order valence-electron chi connectivity index (χ4n) is 6.22. The summed E-state index contributed by atoms with van der Waals surface area (Å²) in [5.41, 5.74) is 2.09. The van der Waals surface area contributed by atoms with Crippen molar-refractivity contribution in [2.45, 2.75) is 43.6 Å². The molecule has 1 saturated carbocycles. The van der Waals surface area contributed by atoms with Crippen LogP contribution in [0.1, 0.15) is 42.9 Å². The number of likely N-dealkylation sites (tertiary alicyclic amines) is 1. The number of nitrogens with zero attached hydrogens (tertiary/aromatic N) is 1. The lowest BCUT2D eigenvalue weighted by molar-refractivity contribution is -0.124. The van der Waals surface area contributed by atoms with Gasteiger partial charge >= 0.3 is 0 Å². The Labute approximate surface area is 234 Å². The number of piperidine rings is 1. The van der Waals surface area contributed by atoms with Crippen LogP contribution in [0, 0.1) is 11.7 Å². The molecule has 3 aromatic carbocycles. The van der Waals surface area contributed by atoms with Crippen molar-refractivity contribution in [3.05, 3.63) is 106 Å². The van der Waals surface area contributed by atoms with Crippen molar-refractivity contribution >= 4 is 23.4 Å². The predicted octanol–water partition coefficient (Wildman–Crippen LogP) is 5.22. The lowest BCUT2D eigenvalue weighted by Crippen LogP contribution is -2.53. The van der Waals surface area contributed by atoms with E-state index in [0.717, 1.165) is 55.6 Å². The molecule has 2 N–H and O–H groups in total. The van der Waals surface area contributed by atoms with Crippen molar-refractivity contribution in [3.8, 4) is 0 Å². The maximum Gasteiger partial charge on any atom is 0.231 e. The lowest BCUT2D eigenvalue weighted by Gasteiger charge is -2.43. The molecule has 5 rings (SSSR count). The van der Waals surface area contributed by atoms with Crippen LogP contribution in [0.3, 0.4) is 0 Å². The summed E-state index contributed by atoms with van der Waals surface area (Å²) in [5, 5.41) is 7.01. The molecule has 0 radical (unpaired) electrons. The van der Waals surface area contributed by atoms with Crippen molar-refractivity contribution in [3.63, 3.8) is 0 Å². The molecule has 2 fully saturated rings. The zero-order valence-corrected chi connectivity index (χ0v) is 23.0. The molecule has 5 nitrogen and oxygen atoms in total. The molecule has 0 aromatic heterocycles. The van der Waals surface area contributed by atoms with E-state index in [9.17, 15) is 14.0 Å². The highest BCUT2D eigenvalue weighted by molar-refractivity contribution is 6.30. The second kappa shape index (κ2) is 11.5. The lowest BCUT2D eigenvalue weighted by atomic mass is 9.80. The third kappa shape index (κ3) is 6.02. The summed E-state index contributed by atoms with van der Waals surface area (Å²) in [7, 11) is 0. The first-order valence-corrected chi connectivity index (χ1v) is 14.0. The van der Waals surface area contributed by atoms with Crippen LogP contribution in [-0.4, -0.2) is 42.9 Å². The molecule has 204 valence electrons. The molecule has 1 aliphatic carbocycles. The fourth-order valence-corrected chi connectivity index (χ4v) is 6.41. The van der Waals surface area contributed by atoms with Gasteiger partial charge in [0.1, 0.15) is 5.82 Å². The summed E-state index contributed by atoms with van der Waals surface area (Å²) < 4.78 is 13.2. The number of rotatable bonds is 9. The Hall–Kier alpha value is -3.22. The molecule has 2 amide bonds. The average Bonchev–Trinajstić information content (AvgIpc) is 3.66. The Morgan fingerprint density at radius 3 is 2.33 bits per heavy atom. The highest BCUT2D eigenvalue weighted by Crippen LogP contribution is 2.55. The molecule has 0 bridgehead atoms. The largest absolute Gasteiger partial charge is 0.355 e. The number of hydrogen-bond donors (Lipinski definition) is 2. The smallest absolute Gasteiger partial charge is 0.231 e. The van der Waals surface area contributed by atoms with Gasteiger partial charge in [-0.3, -0.25) is 9.59 Å². The summed E-state index contributed by atoms with van der Waals surface area (Å²) in [6, 6.07) is 24.2. The normalized spacial score (nSPS) is 22.2. The molecule has 2 atom stereocenters. The van der Waals surface area contributed by atoms with Gasteiger partial charge in [-0.15, -0.1) is 0 Å². The number of halogens is 2. The molecule has 2 aliphatic rings. The van der Waals surface area contributed by atoms with E-state index in [-0.39, 0.29) is 29.1 Å². The van der Waals surface area contributed by atoms with Crippen LogP contribution in [0.4, 0.5) is 4.39 Å². The first-order valence-electron chi connectivity index (χ1n) is 13.7. The third-order valence-electron chi connectivity index (χ3n) is 8.39. The van der Waals surface area contributed by atoms with E-state index in [0.29, 0.717) is 18.0 Å². The van der Waals surface area contributed by atoms with Crippen LogP contribution in [-0.2, 0) is 27.0 Å². The minimum atomic E-state index is -0.612.